The molecule has 1 aromatic carbocycles. The Morgan fingerprint density at radius 2 is 1.84 bits per heavy atom. The first kappa shape index (κ1) is 44.9. The molecule has 1 spiro atoms. The van der Waals surface area contributed by atoms with Crippen LogP contribution in [0.1, 0.15) is 115 Å². The number of allylic oxidation sites excluding steroid dienone is 1. The SMILES string of the molecule is CC[C@H](C)OC(=O)N[C@H]1CCCCC/C=C\[C@@H]2C[C@@]2(C(=O)NS(=O)(=O)C2(C)CC2)NC(=O)[C@@H]2C[C@]3(CCc4c(c(C(F)(F)F)nc5ccc(OC6CCNCC6)cc45)O3)CN2C1=O. The van der Waals surface area contributed by atoms with Gasteiger partial charge in [-0.05, 0) is 116 Å². The number of pyridine rings is 1. The number of nitrogens with one attached hydrogen (secondary N) is 4. The molecular weight excluding hydrogens is 846 g/mol. The molecule has 2 aromatic rings. The maximum atomic E-state index is 15.0. The number of benzene rings is 1. The van der Waals surface area contributed by atoms with E-state index >= 15 is 0 Å². The number of carbonyl (C=O) groups is 4. The Balaban J connectivity index is 1.15. The molecule has 2 aliphatic carbocycles. The van der Waals surface area contributed by atoms with Gasteiger partial charge in [0.25, 0.3) is 5.91 Å². The molecule has 5 heterocycles. The third-order valence-corrected chi connectivity index (χ3v) is 16.0. The van der Waals surface area contributed by atoms with E-state index < -0.39 is 91.5 Å². The highest BCUT2D eigenvalue weighted by Crippen LogP contribution is 2.51. The summed E-state index contributed by atoms with van der Waals surface area (Å²) in [4.78, 5) is 62.0. The predicted molar refractivity (Wildman–Crippen MR) is 224 cm³/mol. The van der Waals surface area contributed by atoms with Crippen LogP contribution in [0.25, 0.3) is 10.9 Å². The molecule has 4 N–H and O–H groups in total. The summed E-state index contributed by atoms with van der Waals surface area (Å²) in [6.45, 7) is 6.32. The highest BCUT2D eigenvalue weighted by Gasteiger charge is 2.64. The summed E-state index contributed by atoms with van der Waals surface area (Å²) < 4.78 is 90.7. The average Bonchev–Trinajstić information content (AvgIpc) is 4.13. The van der Waals surface area contributed by atoms with E-state index in [2.05, 4.69) is 25.7 Å². The Hall–Kier alpha value is -4.65. The van der Waals surface area contributed by atoms with Crippen LogP contribution < -0.4 is 30.1 Å². The van der Waals surface area contributed by atoms with E-state index in [1.165, 1.54) is 17.9 Å². The summed E-state index contributed by atoms with van der Waals surface area (Å²) >= 11 is 0. The van der Waals surface area contributed by atoms with Crippen molar-refractivity contribution in [1.82, 2.24) is 30.6 Å². The molecule has 6 atom stereocenters. The second kappa shape index (κ2) is 17.0. The van der Waals surface area contributed by atoms with Crippen LogP contribution in [-0.4, -0.2) is 102 Å². The zero-order chi connectivity index (χ0) is 45.0. The number of hydrogen-bond acceptors (Lipinski definition) is 11. The summed E-state index contributed by atoms with van der Waals surface area (Å²) in [6, 6.07) is 2.24. The monoisotopic (exact) mass is 902 g/mol. The van der Waals surface area contributed by atoms with Gasteiger partial charge in [0.15, 0.2) is 11.4 Å². The van der Waals surface area contributed by atoms with Gasteiger partial charge in [0.1, 0.15) is 41.2 Å². The van der Waals surface area contributed by atoms with Crippen LogP contribution in [0, 0.1) is 5.92 Å². The minimum atomic E-state index is -4.94. The number of fused-ring (bicyclic) bond motifs is 5. The molecule has 0 unspecified atom stereocenters. The fourth-order valence-corrected chi connectivity index (χ4v) is 10.6. The van der Waals surface area contributed by atoms with Gasteiger partial charge in [-0.3, -0.25) is 19.1 Å². The highest BCUT2D eigenvalue weighted by atomic mass is 32.2. The second-order valence-electron chi connectivity index (χ2n) is 18.5. The number of halogens is 3. The third-order valence-electron chi connectivity index (χ3n) is 13.8. The van der Waals surface area contributed by atoms with Crippen molar-refractivity contribution in [2.75, 3.05) is 19.6 Å². The van der Waals surface area contributed by atoms with E-state index in [1.807, 2.05) is 13.0 Å². The molecule has 0 bridgehead atoms. The zero-order valence-electron chi connectivity index (χ0n) is 35.9. The number of hydrogen-bond donors (Lipinski definition) is 4. The average molecular weight is 903 g/mol. The lowest BCUT2D eigenvalue weighted by Crippen LogP contribution is -2.58. The number of aryl methyl sites for hydroxylation is 1. The standard InChI is InChI=1S/C44H57F3N6O9S/c1-4-26(2)60-40(57)50-33-11-9-7-5-6-8-10-27-23-43(27,39(56)52-63(58,59)41(3)18-19-41)51-37(54)34-24-42(25-53(34)38(33)55)17-14-30-31-22-29(61-28-15-20-48-21-16-28)12-13-32(31)49-36(35(30)62-42)44(45,46)47/h8,10,12-13,22,26-28,33-34,48H,4-7,9,11,14-21,23-25H2,1-3H3,(H,50,57)(H,51,54)(H,52,56)/b10-8-/t26-,27+,33-,34-,42+,43+/m0/s1. The first-order chi connectivity index (χ1) is 29.9. The lowest BCUT2D eigenvalue weighted by Gasteiger charge is -2.37. The molecule has 2 saturated carbocycles. The number of nitrogens with zero attached hydrogens (tertiary/aromatic N) is 2. The van der Waals surface area contributed by atoms with Gasteiger partial charge in [0.2, 0.25) is 21.8 Å². The fourth-order valence-electron chi connectivity index (χ4n) is 9.32. The number of amides is 4. The van der Waals surface area contributed by atoms with E-state index in [0.29, 0.717) is 56.1 Å². The third kappa shape index (κ3) is 9.18. The van der Waals surface area contributed by atoms with Crippen molar-refractivity contribution in [2.45, 2.75) is 157 Å². The first-order valence-corrected chi connectivity index (χ1v) is 23.8. The summed E-state index contributed by atoms with van der Waals surface area (Å²) in [5, 5.41) is 9.22. The van der Waals surface area contributed by atoms with Crippen LogP contribution in [0.4, 0.5) is 18.0 Å². The second-order valence-corrected chi connectivity index (χ2v) is 20.7. The van der Waals surface area contributed by atoms with Gasteiger partial charge < -0.3 is 35.1 Å². The minimum Gasteiger partial charge on any atom is -0.490 e. The molecule has 63 heavy (non-hydrogen) atoms. The van der Waals surface area contributed by atoms with Crippen molar-refractivity contribution in [3.8, 4) is 11.5 Å². The van der Waals surface area contributed by atoms with E-state index in [1.54, 1.807) is 25.1 Å². The van der Waals surface area contributed by atoms with E-state index in [9.17, 15) is 40.8 Å². The topological polar surface area (TPSA) is 194 Å². The van der Waals surface area contributed by atoms with Gasteiger partial charge in [0, 0.05) is 23.3 Å². The Morgan fingerprint density at radius 3 is 2.56 bits per heavy atom. The lowest BCUT2D eigenvalue weighted by atomic mass is 9.87. The van der Waals surface area contributed by atoms with Crippen LogP contribution in [0.15, 0.2) is 30.4 Å². The van der Waals surface area contributed by atoms with E-state index in [4.69, 9.17) is 14.2 Å². The predicted octanol–water partition coefficient (Wildman–Crippen LogP) is 5.34. The molecule has 15 nitrogen and oxygen atoms in total. The molecule has 6 aliphatic rings. The number of alkyl halides is 3. The summed E-state index contributed by atoms with van der Waals surface area (Å²) in [7, 11) is -4.10. The maximum absolute atomic E-state index is 15.0. The number of alkyl carbamates (subject to hydrolysis) is 1. The van der Waals surface area contributed by atoms with Crippen molar-refractivity contribution in [2.24, 2.45) is 5.92 Å². The molecule has 4 fully saturated rings. The normalized spacial score (nSPS) is 29.7. The molecule has 4 aliphatic heterocycles. The van der Waals surface area contributed by atoms with Gasteiger partial charge >= 0.3 is 12.3 Å². The van der Waals surface area contributed by atoms with Crippen molar-refractivity contribution in [3.63, 3.8) is 0 Å². The van der Waals surface area contributed by atoms with E-state index in [-0.39, 0.29) is 55.8 Å². The molecule has 1 aromatic heterocycles. The van der Waals surface area contributed by atoms with Crippen LogP contribution in [0.3, 0.4) is 0 Å². The summed E-state index contributed by atoms with van der Waals surface area (Å²) in [5.74, 6) is -2.95. The number of sulfonamides is 1. The molecule has 0 radical (unpaired) electrons. The Bertz CT molecular complexity index is 2280. The molecular formula is C44H57F3N6O9S. The van der Waals surface area contributed by atoms with Gasteiger partial charge in [-0.15, -0.1) is 0 Å². The maximum Gasteiger partial charge on any atom is 0.437 e. The zero-order valence-corrected chi connectivity index (χ0v) is 36.7. The fraction of sp³-hybridized carbons (Fsp3) is 0.659. The van der Waals surface area contributed by atoms with Crippen molar-refractivity contribution in [1.29, 1.82) is 0 Å². The van der Waals surface area contributed by atoms with Crippen LogP contribution in [0.5, 0.6) is 11.5 Å². The molecule has 8 rings (SSSR count). The smallest absolute Gasteiger partial charge is 0.437 e. The molecule has 344 valence electrons. The van der Waals surface area contributed by atoms with Gasteiger partial charge in [-0.1, -0.05) is 31.9 Å². The number of carbonyl (C=O) groups excluding carboxylic acids is 4. The van der Waals surface area contributed by atoms with Crippen molar-refractivity contribution < 1.29 is 55.0 Å². The van der Waals surface area contributed by atoms with Gasteiger partial charge in [0.05, 0.1) is 16.8 Å². The quantitative estimate of drug-likeness (QED) is 0.250. The summed E-state index contributed by atoms with van der Waals surface area (Å²) in [6.07, 6.45) is 2.86. The van der Waals surface area contributed by atoms with Crippen LogP contribution in [-0.2, 0) is 41.7 Å². The molecule has 2 saturated heterocycles. The Labute approximate surface area is 365 Å². The van der Waals surface area contributed by atoms with Gasteiger partial charge in [-0.25, -0.2) is 18.2 Å². The summed E-state index contributed by atoms with van der Waals surface area (Å²) in [5.41, 5.74) is -4.06. The van der Waals surface area contributed by atoms with Crippen molar-refractivity contribution in [3.05, 3.63) is 41.6 Å². The Kier molecular flexibility index (Phi) is 12.2. The molecule has 4 amide bonds. The number of aromatic nitrogens is 1. The van der Waals surface area contributed by atoms with Crippen LogP contribution in [0.2, 0.25) is 0 Å². The molecule has 19 heteroatoms. The first-order valence-electron chi connectivity index (χ1n) is 22.3. The highest BCUT2D eigenvalue weighted by molar-refractivity contribution is 7.91. The van der Waals surface area contributed by atoms with Gasteiger partial charge in [-0.2, -0.15) is 13.2 Å². The number of piperidine rings is 1. The van der Waals surface area contributed by atoms with Crippen molar-refractivity contribution >= 4 is 44.7 Å². The minimum absolute atomic E-state index is 0.0670. The van der Waals surface area contributed by atoms with E-state index in [0.717, 1.165) is 25.9 Å². The Morgan fingerprint density at radius 1 is 1.08 bits per heavy atom. The number of rotatable bonds is 8. The van der Waals surface area contributed by atoms with Crippen LogP contribution >= 0.6 is 0 Å². The lowest BCUT2D eigenvalue weighted by molar-refractivity contribution is -0.144. The largest absolute Gasteiger partial charge is 0.490 e. The number of ether oxygens (including phenoxy) is 3.